The van der Waals surface area contributed by atoms with Crippen molar-refractivity contribution in [1.29, 1.82) is 0 Å². The van der Waals surface area contributed by atoms with Crippen LogP contribution < -0.4 is 10.5 Å². The number of carbonyl (C=O) groups is 1. The summed E-state index contributed by atoms with van der Waals surface area (Å²) in [5.74, 6) is 1.35. The molecule has 0 aromatic heterocycles. The van der Waals surface area contributed by atoms with Gasteiger partial charge in [0.1, 0.15) is 18.3 Å². The number of amides is 1. The summed E-state index contributed by atoms with van der Waals surface area (Å²) in [4.78, 5) is 14.7. The van der Waals surface area contributed by atoms with Gasteiger partial charge >= 0.3 is 0 Å². The largest absolute Gasteiger partial charge is 0.492 e. The molecule has 102 valence electrons. The first-order valence-corrected chi connectivity index (χ1v) is 6.94. The second kappa shape index (κ2) is 4.85. The van der Waals surface area contributed by atoms with Crippen LogP contribution in [0.15, 0.2) is 24.3 Å². The summed E-state index contributed by atoms with van der Waals surface area (Å²) in [5.41, 5.74) is 6.84. The first-order chi connectivity index (χ1) is 9.22. The SMILES string of the molecule is CC1CCN(C(=O)C2COc3ccccc32)C1CN. The summed E-state index contributed by atoms with van der Waals surface area (Å²) in [6.45, 7) is 3.99. The summed E-state index contributed by atoms with van der Waals surface area (Å²) in [7, 11) is 0. The van der Waals surface area contributed by atoms with Gasteiger partial charge in [0.05, 0.1) is 0 Å². The lowest BCUT2D eigenvalue weighted by Gasteiger charge is -2.27. The van der Waals surface area contributed by atoms with Gasteiger partial charge in [0, 0.05) is 24.7 Å². The van der Waals surface area contributed by atoms with Gasteiger partial charge in [-0.05, 0) is 18.4 Å². The fraction of sp³-hybridized carbons (Fsp3) is 0.533. The van der Waals surface area contributed by atoms with Crippen molar-refractivity contribution in [3.05, 3.63) is 29.8 Å². The van der Waals surface area contributed by atoms with Crippen LogP contribution in [-0.2, 0) is 4.79 Å². The molecule has 1 amide bonds. The van der Waals surface area contributed by atoms with Crippen LogP contribution in [0.2, 0.25) is 0 Å². The highest BCUT2D eigenvalue weighted by Crippen LogP contribution is 2.36. The molecular weight excluding hydrogens is 240 g/mol. The van der Waals surface area contributed by atoms with Crippen molar-refractivity contribution < 1.29 is 9.53 Å². The summed E-state index contributed by atoms with van der Waals surface area (Å²) < 4.78 is 5.61. The minimum atomic E-state index is -0.157. The Balaban J connectivity index is 1.82. The van der Waals surface area contributed by atoms with Crippen LogP contribution in [-0.4, -0.2) is 36.5 Å². The van der Waals surface area contributed by atoms with E-state index in [1.54, 1.807) is 0 Å². The predicted molar refractivity (Wildman–Crippen MR) is 73.0 cm³/mol. The van der Waals surface area contributed by atoms with Gasteiger partial charge in [0.2, 0.25) is 5.91 Å². The number of para-hydroxylation sites is 1. The molecule has 2 heterocycles. The van der Waals surface area contributed by atoms with Gasteiger partial charge in [0.15, 0.2) is 0 Å². The molecule has 4 heteroatoms. The van der Waals surface area contributed by atoms with Gasteiger partial charge in [0.25, 0.3) is 0 Å². The molecule has 3 atom stereocenters. The molecule has 1 aromatic carbocycles. The zero-order valence-corrected chi connectivity index (χ0v) is 11.2. The molecule has 2 aliphatic heterocycles. The Hall–Kier alpha value is -1.55. The van der Waals surface area contributed by atoms with Gasteiger partial charge in [-0.2, -0.15) is 0 Å². The number of carbonyl (C=O) groups excluding carboxylic acids is 1. The molecule has 3 rings (SSSR count). The van der Waals surface area contributed by atoms with Crippen LogP contribution in [0.25, 0.3) is 0 Å². The van der Waals surface area contributed by atoms with Gasteiger partial charge < -0.3 is 15.4 Å². The van der Waals surface area contributed by atoms with Crippen molar-refractivity contribution >= 4 is 5.91 Å². The Morgan fingerprint density at radius 2 is 2.26 bits per heavy atom. The monoisotopic (exact) mass is 260 g/mol. The fourth-order valence-corrected chi connectivity index (χ4v) is 3.21. The van der Waals surface area contributed by atoms with Gasteiger partial charge in [-0.25, -0.2) is 0 Å². The van der Waals surface area contributed by atoms with E-state index in [4.69, 9.17) is 10.5 Å². The standard InChI is InChI=1S/C15H20N2O2/c1-10-6-7-17(13(10)8-16)15(18)12-9-19-14-5-3-2-4-11(12)14/h2-5,10,12-13H,6-9,16H2,1H3. The maximum atomic E-state index is 12.7. The number of fused-ring (bicyclic) bond motifs is 1. The third-order valence-corrected chi connectivity index (χ3v) is 4.41. The van der Waals surface area contributed by atoms with E-state index in [1.807, 2.05) is 29.2 Å². The molecule has 0 bridgehead atoms. The number of rotatable bonds is 2. The lowest BCUT2D eigenvalue weighted by atomic mass is 9.98. The van der Waals surface area contributed by atoms with E-state index in [0.717, 1.165) is 24.3 Å². The van der Waals surface area contributed by atoms with E-state index < -0.39 is 0 Å². The lowest BCUT2D eigenvalue weighted by molar-refractivity contribution is -0.134. The topological polar surface area (TPSA) is 55.6 Å². The minimum Gasteiger partial charge on any atom is -0.492 e. The number of ether oxygens (including phenoxy) is 1. The highest BCUT2D eigenvalue weighted by atomic mass is 16.5. The van der Waals surface area contributed by atoms with Crippen LogP contribution in [0.3, 0.4) is 0 Å². The van der Waals surface area contributed by atoms with E-state index in [0.29, 0.717) is 19.1 Å². The average Bonchev–Trinajstić information content (AvgIpc) is 3.01. The molecule has 1 aromatic rings. The summed E-state index contributed by atoms with van der Waals surface area (Å²) in [6.07, 6.45) is 1.04. The van der Waals surface area contributed by atoms with Gasteiger partial charge in [-0.3, -0.25) is 4.79 Å². The second-order valence-corrected chi connectivity index (χ2v) is 5.50. The normalized spacial score (nSPS) is 29.2. The molecule has 0 saturated carbocycles. The molecule has 2 aliphatic rings. The van der Waals surface area contributed by atoms with Crippen molar-refractivity contribution in [2.24, 2.45) is 11.7 Å². The van der Waals surface area contributed by atoms with Crippen LogP contribution in [0, 0.1) is 5.92 Å². The quantitative estimate of drug-likeness (QED) is 0.873. The Bertz CT molecular complexity index is 489. The molecule has 1 fully saturated rings. The van der Waals surface area contributed by atoms with Crippen molar-refractivity contribution in [3.8, 4) is 5.75 Å². The minimum absolute atomic E-state index is 0.157. The van der Waals surface area contributed by atoms with E-state index in [2.05, 4.69) is 6.92 Å². The zero-order valence-electron chi connectivity index (χ0n) is 11.2. The molecular formula is C15H20N2O2. The number of hydrogen-bond donors (Lipinski definition) is 1. The summed E-state index contributed by atoms with van der Waals surface area (Å²) in [6, 6.07) is 7.99. The lowest BCUT2D eigenvalue weighted by Crippen LogP contribution is -2.44. The zero-order chi connectivity index (χ0) is 13.4. The van der Waals surface area contributed by atoms with Crippen molar-refractivity contribution in [2.75, 3.05) is 19.7 Å². The first-order valence-electron chi connectivity index (χ1n) is 6.94. The van der Waals surface area contributed by atoms with Crippen molar-refractivity contribution in [3.63, 3.8) is 0 Å². The van der Waals surface area contributed by atoms with Crippen LogP contribution in [0.5, 0.6) is 5.75 Å². The summed E-state index contributed by atoms with van der Waals surface area (Å²) in [5, 5.41) is 0. The Labute approximate surface area is 113 Å². The third kappa shape index (κ3) is 2.00. The van der Waals surface area contributed by atoms with Crippen LogP contribution >= 0.6 is 0 Å². The molecule has 2 N–H and O–H groups in total. The maximum absolute atomic E-state index is 12.7. The van der Waals surface area contributed by atoms with Gasteiger partial charge in [-0.15, -0.1) is 0 Å². The highest BCUT2D eigenvalue weighted by Gasteiger charge is 2.39. The first kappa shape index (κ1) is 12.5. The number of hydrogen-bond acceptors (Lipinski definition) is 3. The van der Waals surface area contributed by atoms with E-state index >= 15 is 0 Å². The van der Waals surface area contributed by atoms with Crippen molar-refractivity contribution in [2.45, 2.75) is 25.3 Å². The molecule has 3 unspecified atom stereocenters. The third-order valence-electron chi connectivity index (χ3n) is 4.41. The predicted octanol–water partition coefficient (Wildman–Crippen LogP) is 1.36. The smallest absolute Gasteiger partial charge is 0.234 e. The average molecular weight is 260 g/mol. The molecule has 19 heavy (non-hydrogen) atoms. The van der Waals surface area contributed by atoms with E-state index in [1.165, 1.54) is 0 Å². The fourth-order valence-electron chi connectivity index (χ4n) is 3.21. The second-order valence-electron chi connectivity index (χ2n) is 5.50. The van der Waals surface area contributed by atoms with E-state index in [9.17, 15) is 4.79 Å². The van der Waals surface area contributed by atoms with Crippen molar-refractivity contribution in [1.82, 2.24) is 4.90 Å². The van der Waals surface area contributed by atoms with Crippen LogP contribution in [0.1, 0.15) is 24.8 Å². The number of nitrogens with zero attached hydrogens (tertiary/aromatic N) is 1. The molecule has 0 radical (unpaired) electrons. The number of benzene rings is 1. The maximum Gasteiger partial charge on any atom is 0.234 e. The molecule has 1 saturated heterocycles. The molecule has 0 spiro atoms. The summed E-state index contributed by atoms with van der Waals surface area (Å²) >= 11 is 0. The van der Waals surface area contributed by atoms with Crippen LogP contribution in [0.4, 0.5) is 0 Å². The molecule has 0 aliphatic carbocycles. The van der Waals surface area contributed by atoms with Gasteiger partial charge in [-0.1, -0.05) is 25.1 Å². The Morgan fingerprint density at radius 1 is 1.47 bits per heavy atom. The number of nitrogens with two attached hydrogens (primary N) is 1. The molecule has 4 nitrogen and oxygen atoms in total. The highest BCUT2D eigenvalue weighted by molar-refractivity contribution is 5.86. The Morgan fingerprint density at radius 3 is 3.05 bits per heavy atom. The Kier molecular flexibility index (Phi) is 3.19. The van der Waals surface area contributed by atoms with E-state index in [-0.39, 0.29) is 17.9 Å². The number of likely N-dealkylation sites (tertiary alicyclic amines) is 1.